The smallest absolute Gasteiger partial charge is 0.307 e. The molecule has 0 spiro atoms. The number of carbonyl (C=O) groups is 1. The van der Waals surface area contributed by atoms with Crippen molar-refractivity contribution in [1.82, 2.24) is 0 Å². The average molecular weight is 251 g/mol. The molecule has 0 aliphatic carbocycles. The normalized spacial score (nSPS) is 16.7. The Labute approximate surface area is 88.8 Å². The molecule has 0 aliphatic rings. The Bertz CT molecular complexity index is 172. The molecule has 13 heavy (non-hydrogen) atoms. The first kappa shape index (κ1) is 12.9. The van der Waals surface area contributed by atoms with Crippen LogP contribution in [0.15, 0.2) is 0 Å². The van der Waals surface area contributed by atoms with Crippen LogP contribution in [0.1, 0.15) is 34.1 Å². The Hall–Kier alpha value is -0.0500. The van der Waals surface area contributed by atoms with E-state index in [1.165, 1.54) is 0 Å². The molecular weight excluding hydrogens is 232 g/mol. The van der Waals surface area contributed by atoms with E-state index in [9.17, 15) is 4.79 Å². The number of halogens is 1. The van der Waals surface area contributed by atoms with Crippen LogP contribution in [0.2, 0.25) is 0 Å². The maximum absolute atomic E-state index is 10.8. The van der Waals surface area contributed by atoms with E-state index in [-0.39, 0.29) is 17.3 Å². The lowest BCUT2D eigenvalue weighted by Crippen LogP contribution is -2.26. The third-order valence-corrected chi connectivity index (χ3v) is 2.80. The minimum Gasteiger partial charge on any atom is -0.481 e. The fraction of sp³-hybridized carbons (Fsp3) is 0.900. The quantitative estimate of drug-likeness (QED) is 0.779. The largest absolute Gasteiger partial charge is 0.481 e. The van der Waals surface area contributed by atoms with E-state index < -0.39 is 5.97 Å². The molecule has 0 aromatic rings. The highest BCUT2D eigenvalue weighted by molar-refractivity contribution is 9.09. The van der Waals surface area contributed by atoms with Crippen LogP contribution in [0, 0.1) is 17.3 Å². The van der Waals surface area contributed by atoms with E-state index in [4.69, 9.17) is 5.11 Å². The zero-order chi connectivity index (χ0) is 10.6. The maximum atomic E-state index is 10.8. The van der Waals surface area contributed by atoms with Gasteiger partial charge in [-0.25, -0.2) is 0 Å². The topological polar surface area (TPSA) is 37.3 Å². The van der Waals surface area contributed by atoms with Gasteiger partial charge in [-0.1, -0.05) is 43.6 Å². The molecule has 0 saturated heterocycles. The second-order valence-corrected chi connectivity index (χ2v) is 5.49. The van der Waals surface area contributed by atoms with E-state index in [1.807, 2.05) is 6.92 Å². The Kier molecular flexibility index (Phi) is 4.97. The van der Waals surface area contributed by atoms with Crippen LogP contribution in [-0.4, -0.2) is 16.4 Å². The molecule has 0 rings (SSSR count). The number of carboxylic acids is 1. The molecule has 2 unspecified atom stereocenters. The number of carboxylic acid groups (broad SMARTS) is 1. The first-order valence-corrected chi connectivity index (χ1v) is 5.69. The van der Waals surface area contributed by atoms with Crippen LogP contribution in [0.4, 0.5) is 0 Å². The third kappa shape index (κ3) is 5.29. The predicted molar refractivity (Wildman–Crippen MR) is 58.2 cm³/mol. The van der Waals surface area contributed by atoms with Crippen LogP contribution in [-0.2, 0) is 4.79 Å². The molecule has 3 heteroatoms. The van der Waals surface area contributed by atoms with Crippen molar-refractivity contribution in [3.63, 3.8) is 0 Å². The summed E-state index contributed by atoms with van der Waals surface area (Å²) in [6.45, 7) is 8.41. The molecule has 0 fully saturated rings. The zero-order valence-corrected chi connectivity index (χ0v) is 10.4. The van der Waals surface area contributed by atoms with E-state index in [0.717, 1.165) is 6.42 Å². The molecule has 0 bridgehead atoms. The van der Waals surface area contributed by atoms with Crippen molar-refractivity contribution in [3.05, 3.63) is 0 Å². The molecule has 0 amide bonds. The van der Waals surface area contributed by atoms with Crippen LogP contribution in [0.25, 0.3) is 0 Å². The molecule has 0 radical (unpaired) electrons. The fourth-order valence-corrected chi connectivity index (χ4v) is 2.48. The van der Waals surface area contributed by atoms with Crippen molar-refractivity contribution in [1.29, 1.82) is 0 Å². The highest BCUT2D eigenvalue weighted by atomic mass is 79.9. The van der Waals surface area contributed by atoms with Gasteiger partial charge in [0.15, 0.2) is 0 Å². The average Bonchev–Trinajstić information content (AvgIpc) is 1.82. The van der Waals surface area contributed by atoms with Gasteiger partial charge in [0, 0.05) is 5.33 Å². The van der Waals surface area contributed by atoms with Crippen molar-refractivity contribution < 1.29 is 9.90 Å². The summed E-state index contributed by atoms with van der Waals surface area (Å²) in [4.78, 5) is 10.8. The lowest BCUT2D eigenvalue weighted by Gasteiger charge is -2.26. The van der Waals surface area contributed by atoms with Crippen LogP contribution in [0.5, 0.6) is 0 Å². The monoisotopic (exact) mass is 250 g/mol. The van der Waals surface area contributed by atoms with Gasteiger partial charge >= 0.3 is 5.97 Å². The minimum absolute atomic E-state index is 0.204. The molecule has 78 valence electrons. The molecule has 2 nitrogen and oxygen atoms in total. The summed E-state index contributed by atoms with van der Waals surface area (Å²) >= 11 is 3.24. The summed E-state index contributed by atoms with van der Waals surface area (Å²) in [5.74, 6) is -0.746. The summed E-state index contributed by atoms with van der Waals surface area (Å²) in [5, 5.41) is 9.45. The van der Waals surface area contributed by atoms with Crippen molar-refractivity contribution >= 4 is 21.9 Å². The lowest BCUT2D eigenvalue weighted by atomic mass is 9.80. The van der Waals surface area contributed by atoms with E-state index in [1.54, 1.807) is 0 Å². The summed E-state index contributed by atoms with van der Waals surface area (Å²) in [5.41, 5.74) is 0.204. The molecule has 2 atom stereocenters. The van der Waals surface area contributed by atoms with Crippen LogP contribution < -0.4 is 0 Å². The lowest BCUT2D eigenvalue weighted by molar-refractivity contribution is -0.142. The fourth-order valence-electron chi connectivity index (χ4n) is 1.57. The second kappa shape index (κ2) is 4.99. The standard InChI is InChI=1S/C10H19BrO2/c1-7(5-10(2,3)4)8(6-11)9(12)13/h7-8H,5-6H2,1-4H3,(H,12,13). The van der Waals surface area contributed by atoms with Gasteiger partial charge in [-0.05, 0) is 17.8 Å². The summed E-state index contributed by atoms with van der Waals surface area (Å²) in [6, 6.07) is 0. The number of alkyl halides is 1. The van der Waals surface area contributed by atoms with Crippen molar-refractivity contribution in [3.8, 4) is 0 Å². The van der Waals surface area contributed by atoms with Crippen molar-refractivity contribution in [2.24, 2.45) is 17.3 Å². The molecule has 0 aliphatic heterocycles. The van der Waals surface area contributed by atoms with E-state index in [0.29, 0.717) is 5.33 Å². The van der Waals surface area contributed by atoms with Gasteiger partial charge in [0.05, 0.1) is 5.92 Å². The minimum atomic E-state index is -0.700. The molecule has 0 saturated carbocycles. The van der Waals surface area contributed by atoms with E-state index in [2.05, 4.69) is 36.7 Å². The van der Waals surface area contributed by atoms with Gasteiger partial charge in [0.1, 0.15) is 0 Å². The van der Waals surface area contributed by atoms with Gasteiger partial charge in [-0.3, -0.25) is 4.79 Å². The molecule has 1 N–H and O–H groups in total. The number of rotatable bonds is 4. The second-order valence-electron chi connectivity index (χ2n) is 4.84. The van der Waals surface area contributed by atoms with Gasteiger partial charge in [0.25, 0.3) is 0 Å². The molecule has 0 aromatic carbocycles. The maximum Gasteiger partial charge on any atom is 0.307 e. The first-order valence-electron chi connectivity index (χ1n) is 4.56. The van der Waals surface area contributed by atoms with Crippen molar-refractivity contribution in [2.45, 2.75) is 34.1 Å². The third-order valence-electron chi connectivity index (χ3n) is 2.10. The molecule has 0 aromatic heterocycles. The van der Waals surface area contributed by atoms with Gasteiger partial charge in [0.2, 0.25) is 0 Å². The number of aliphatic carboxylic acids is 1. The van der Waals surface area contributed by atoms with E-state index >= 15 is 0 Å². The Morgan fingerprint density at radius 2 is 1.92 bits per heavy atom. The van der Waals surface area contributed by atoms with Gasteiger partial charge in [-0.2, -0.15) is 0 Å². The number of hydrogen-bond donors (Lipinski definition) is 1. The predicted octanol–water partition coefficient (Wildman–Crippen LogP) is 3.15. The Morgan fingerprint density at radius 1 is 1.46 bits per heavy atom. The van der Waals surface area contributed by atoms with Crippen LogP contribution >= 0.6 is 15.9 Å². The summed E-state index contributed by atoms with van der Waals surface area (Å²) in [6.07, 6.45) is 0.940. The highest BCUT2D eigenvalue weighted by Gasteiger charge is 2.27. The first-order chi connectivity index (χ1) is 5.78. The van der Waals surface area contributed by atoms with Crippen LogP contribution in [0.3, 0.4) is 0 Å². The molecular formula is C10H19BrO2. The SMILES string of the molecule is CC(CC(C)(C)C)C(CBr)C(=O)O. The Morgan fingerprint density at radius 3 is 2.15 bits per heavy atom. The highest BCUT2D eigenvalue weighted by Crippen LogP contribution is 2.29. The molecule has 0 heterocycles. The van der Waals surface area contributed by atoms with Gasteiger partial charge in [-0.15, -0.1) is 0 Å². The number of hydrogen-bond acceptors (Lipinski definition) is 1. The summed E-state index contributed by atoms with van der Waals surface area (Å²) in [7, 11) is 0. The zero-order valence-electron chi connectivity index (χ0n) is 8.80. The van der Waals surface area contributed by atoms with Gasteiger partial charge < -0.3 is 5.11 Å². The summed E-state index contributed by atoms with van der Waals surface area (Å²) < 4.78 is 0. The Balaban J connectivity index is 4.22. The van der Waals surface area contributed by atoms with Crippen molar-refractivity contribution in [2.75, 3.05) is 5.33 Å².